The van der Waals surface area contributed by atoms with Gasteiger partial charge in [0.05, 0.1) is 24.4 Å². The zero-order valence-electron chi connectivity index (χ0n) is 11.2. The smallest absolute Gasteiger partial charge is 0.185 e. The molecule has 20 heavy (non-hydrogen) atoms. The lowest BCUT2D eigenvalue weighted by atomic mass is 10.3. The van der Waals surface area contributed by atoms with Crippen molar-refractivity contribution in [1.82, 2.24) is 4.98 Å². The minimum atomic E-state index is 0.229. The first-order valence-corrected chi connectivity index (χ1v) is 6.69. The second kappa shape index (κ2) is 6.47. The Kier molecular flexibility index (Phi) is 4.68. The van der Waals surface area contributed by atoms with Crippen molar-refractivity contribution in [2.24, 2.45) is 0 Å². The topological polar surface area (TPSA) is 66.6 Å². The molecule has 1 heterocycles. The largest absolute Gasteiger partial charge is 0.493 e. The minimum Gasteiger partial charge on any atom is -0.493 e. The van der Waals surface area contributed by atoms with Gasteiger partial charge in [-0.15, -0.1) is 0 Å². The summed E-state index contributed by atoms with van der Waals surface area (Å²) in [5.74, 6) is 1.75. The predicted octanol–water partition coefficient (Wildman–Crippen LogP) is 3.02. The monoisotopic (exact) mass is 338 g/mol. The first-order chi connectivity index (χ1) is 9.67. The van der Waals surface area contributed by atoms with Gasteiger partial charge in [-0.05, 0) is 28.1 Å². The lowest BCUT2D eigenvalue weighted by molar-refractivity contribution is 0.284. The van der Waals surface area contributed by atoms with Gasteiger partial charge >= 0.3 is 0 Å². The highest BCUT2D eigenvalue weighted by Crippen LogP contribution is 2.34. The van der Waals surface area contributed by atoms with Gasteiger partial charge in [-0.3, -0.25) is 4.98 Å². The Morgan fingerprint density at radius 2 is 1.95 bits per heavy atom. The molecule has 0 aliphatic rings. The lowest BCUT2D eigenvalue weighted by Gasteiger charge is -2.14. The van der Waals surface area contributed by atoms with E-state index in [1.54, 1.807) is 32.5 Å². The van der Waals surface area contributed by atoms with Gasteiger partial charge in [0.15, 0.2) is 17.2 Å². The van der Waals surface area contributed by atoms with Gasteiger partial charge in [-0.25, -0.2) is 0 Å². The highest BCUT2D eigenvalue weighted by Gasteiger charge is 2.13. The summed E-state index contributed by atoms with van der Waals surface area (Å²) in [6.07, 6.45) is 1.64. The summed E-state index contributed by atoms with van der Waals surface area (Å²) >= 11 is 3.40. The van der Waals surface area contributed by atoms with Crippen LogP contribution in [0.25, 0.3) is 0 Å². The third-order valence-electron chi connectivity index (χ3n) is 2.72. The van der Waals surface area contributed by atoms with E-state index in [4.69, 9.17) is 19.9 Å². The average Bonchev–Trinajstić information content (AvgIpc) is 2.46. The first-order valence-electron chi connectivity index (χ1n) is 5.90. The maximum absolute atomic E-state index is 5.88. The standard InChI is InChI=1S/C14H15BrN2O3/c1-18-12-6-7-17-11(14(12)19-2)8-20-13-9(15)4-3-5-10(13)16/h3-7H,8,16H2,1-2H3. The van der Waals surface area contributed by atoms with Crippen molar-refractivity contribution in [2.45, 2.75) is 6.61 Å². The number of para-hydroxylation sites is 1. The van der Waals surface area contributed by atoms with E-state index in [0.717, 1.165) is 4.47 Å². The van der Waals surface area contributed by atoms with Crippen LogP contribution in [0.15, 0.2) is 34.9 Å². The van der Waals surface area contributed by atoms with Crippen LogP contribution in [-0.4, -0.2) is 19.2 Å². The molecule has 0 saturated carbocycles. The molecule has 106 valence electrons. The summed E-state index contributed by atoms with van der Waals surface area (Å²) in [5.41, 5.74) is 7.08. The number of anilines is 1. The van der Waals surface area contributed by atoms with E-state index >= 15 is 0 Å². The Bertz CT molecular complexity index is 585. The Balaban J connectivity index is 2.23. The molecule has 0 aliphatic carbocycles. The molecule has 6 heteroatoms. The van der Waals surface area contributed by atoms with Crippen molar-refractivity contribution in [1.29, 1.82) is 0 Å². The number of methoxy groups -OCH3 is 2. The molecule has 0 aliphatic heterocycles. The van der Waals surface area contributed by atoms with Crippen molar-refractivity contribution in [3.05, 3.63) is 40.6 Å². The number of pyridine rings is 1. The fraction of sp³-hybridized carbons (Fsp3) is 0.214. The van der Waals surface area contributed by atoms with E-state index in [1.165, 1.54) is 0 Å². The average molecular weight is 339 g/mol. The van der Waals surface area contributed by atoms with E-state index < -0.39 is 0 Å². The normalized spacial score (nSPS) is 10.2. The molecular formula is C14H15BrN2O3. The highest BCUT2D eigenvalue weighted by molar-refractivity contribution is 9.10. The third kappa shape index (κ3) is 2.96. The number of nitrogens with two attached hydrogens (primary N) is 1. The van der Waals surface area contributed by atoms with Crippen molar-refractivity contribution < 1.29 is 14.2 Å². The molecule has 0 saturated heterocycles. The summed E-state index contributed by atoms with van der Waals surface area (Å²) in [6, 6.07) is 7.21. The van der Waals surface area contributed by atoms with Gasteiger partial charge < -0.3 is 19.9 Å². The molecule has 0 fully saturated rings. The van der Waals surface area contributed by atoms with Crippen LogP contribution in [0.4, 0.5) is 5.69 Å². The van der Waals surface area contributed by atoms with Crippen LogP contribution < -0.4 is 19.9 Å². The maximum atomic E-state index is 5.88. The SMILES string of the molecule is COc1ccnc(COc2c(N)cccc2Br)c1OC. The van der Waals surface area contributed by atoms with Crippen LogP contribution in [0, 0.1) is 0 Å². The molecule has 2 aromatic rings. The number of rotatable bonds is 5. The van der Waals surface area contributed by atoms with Gasteiger partial charge in [0.1, 0.15) is 12.3 Å². The van der Waals surface area contributed by atoms with E-state index in [-0.39, 0.29) is 6.61 Å². The van der Waals surface area contributed by atoms with Crippen molar-refractivity contribution in [3.8, 4) is 17.2 Å². The van der Waals surface area contributed by atoms with Gasteiger partial charge in [0, 0.05) is 12.3 Å². The van der Waals surface area contributed by atoms with Crippen molar-refractivity contribution in [3.63, 3.8) is 0 Å². The highest BCUT2D eigenvalue weighted by atomic mass is 79.9. The summed E-state index contributed by atoms with van der Waals surface area (Å²) in [7, 11) is 3.14. The van der Waals surface area contributed by atoms with E-state index in [2.05, 4.69) is 20.9 Å². The number of ether oxygens (including phenoxy) is 3. The van der Waals surface area contributed by atoms with E-state index in [9.17, 15) is 0 Å². The molecule has 1 aromatic carbocycles. The number of nitrogen functional groups attached to an aromatic ring is 1. The van der Waals surface area contributed by atoms with Crippen molar-refractivity contribution >= 4 is 21.6 Å². The van der Waals surface area contributed by atoms with Gasteiger partial charge in [0.25, 0.3) is 0 Å². The lowest BCUT2D eigenvalue weighted by Crippen LogP contribution is -2.04. The minimum absolute atomic E-state index is 0.229. The Hall–Kier alpha value is -1.95. The molecule has 2 rings (SSSR count). The Labute approximate surface area is 125 Å². The fourth-order valence-electron chi connectivity index (χ4n) is 1.77. The van der Waals surface area contributed by atoms with Gasteiger partial charge in [-0.2, -0.15) is 0 Å². The summed E-state index contributed by atoms with van der Waals surface area (Å²) in [4.78, 5) is 4.25. The molecular weight excluding hydrogens is 324 g/mol. The van der Waals surface area contributed by atoms with Gasteiger partial charge in [-0.1, -0.05) is 6.07 Å². The van der Waals surface area contributed by atoms with Gasteiger partial charge in [0.2, 0.25) is 0 Å². The second-order valence-electron chi connectivity index (χ2n) is 3.94. The number of halogens is 1. The van der Waals surface area contributed by atoms with Crippen LogP contribution in [0.5, 0.6) is 17.2 Å². The number of aromatic nitrogens is 1. The molecule has 1 aromatic heterocycles. The molecule has 5 nitrogen and oxygen atoms in total. The predicted molar refractivity (Wildman–Crippen MR) is 80.2 cm³/mol. The molecule has 0 spiro atoms. The fourth-order valence-corrected chi connectivity index (χ4v) is 2.27. The summed E-state index contributed by atoms with van der Waals surface area (Å²) in [5, 5.41) is 0. The molecule has 0 bridgehead atoms. The summed E-state index contributed by atoms with van der Waals surface area (Å²) in [6.45, 7) is 0.229. The first kappa shape index (κ1) is 14.5. The zero-order valence-corrected chi connectivity index (χ0v) is 12.8. The maximum Gasteiger partial charge on any atom is 0.185 e. The number of hydrogen-bond acceptors (Lipinski definition) is 5. The Morgan fingerprint density at radius 1 is 1.15 bits per heavy atom. The molecule has 0 radical (unpaired) electrons. The van der Waals surface area contributed by atoms with Crippen LogP contribution >= 0.6 is 15.9 Å². The Morgan fingerprint density at radius 3 is 2.60 bits per heavy atom. The van der Waals surface area contributed by atoms with Crippen molar-refractivity contribution in [2.75, 3.05) is 20.0 Å². The van der Waals surface area contributed by atoms with Crippen LogP contribution in [-0.2, 0) is 6.61 Å². The molecule has 2 N–H and O–H groups in total. The van der Waals surface area contributed by atoms with E-state index in [0.29, 0.717) is 28.6 Å². The quantitative estimate of drug-likeness (QED) is 0.848. The van der Waals surface area contributed by atoms with Crippen LogP contribution in [0.3, 0.4) is 0 Å². The number of nitrogens with zero attached hydrogens (tertiary/aromatic N) is 1. The number of hydrogen-bond donors (Lipinski definition) is 1. The molecule has 0 atom stereocenters. The second-order valence-corrected chi connectivity index (χ2v) is 4.79. The van der Waals surface area contributed by atoms with Crippen LogP contribution in [0.2, 0.25) is 0 Å². The zero-order chi connectivity index (χ0) is 14.5. The van der Waals surface area contributed by atoms with E-state index in [1.807, 2.05) is 12.1 Å². The molecule has 0 unspecified atom stereocenters. The molecule has 0 amide bonds. The summed E-state index contributed by atoms with van der Waals surface area (Å²) < 4.78 is 17.0. The number of benzene rings is 1. The third-order valence-corrected chi connectivity index (χ3v) is 3.34. The van der Waals surface area contributed by atoms with Crippen LogP contribution in [0.1, 0.15) is 5.69 Å².